The first-order chi connectivity index (χ1) is 56.5. The van der Waals surface area contributed by atoms with Gasteiger partial charge in [-0.05, 0) is 144 Å². The number of rotatable bonds is 12. The van der Waals surface area contributed by atoms with Gasteiger partial charge in [0, 0.05) is 54.0 Å². The summed E-state index contributed by atoms with van der Waals surface area (Å²) < 4.78 is 337. The monoisotopic (exact) mass is 1300 g/mol. The van der Waals surface area contributed by atoms with E-state index in [1.807, 2.05) is 0 Å². The van der Waals surface area contributed by atoms with Gasteiger partial charge in [-0.25, -0.2) is 4.98 Å². The van der Waals surface area contributed by atoms with E-state index in [4.69, 9.17) is 33.5 Å². The molecule has 85 heavy (non-hydrogen) atoms. The zero-order valence-electron chi connectivity index (χ0n) is 79.3. The van der Waals surface area contributed by atoms with E-state index in [0.29, 0.717) is 16.3 Å². The van der Waals surface area contributed by atoms with Crippen molar-refractivity contribution in [2.24, 2.45) is 0 Å². The van der Waals surface area contributed by atoms with Gasteiger partial charge >= 0.3 is 0 Å². The average molecular weight is 1300 g/mol. The summed E-state index contributed by atoms with van der Waals surface area (Å²) in [4.78, 5) is 4.65. The molecule has 0 atom stereocenters. The van der Waals surface area contributed by atoms with Crippen LogP contribution in [0.2, 0.25) is 0 Å². The van der Waals surface area contributed by atoms with Crippen LogP contribution >= 0.6 is 0 Å². The van der Waals surface area contributed by atoms with Crippen molar-refractivity contribution in [1.29, 1.82) is 0 Å². The minimum Gasteiger partial charge on any atom is -0.510 e. The molecule has 15 aromatic rings. The second kappa shape index (κ2) is 22.7. The maximum Gasteiger partial charge on any atom is 0.268 e. The van der Waals surface area contributed by atoms with Gasteiger partial charge in [0.1, 0.15) is 5.82 Å². The molecule has 406 valence electrons. The average Bonchev–Trinajstić information content (AvgIpc) is 1.58. The van der Waals surface area contributed by atoms with Crippen LogP contribution in [0.3, 0.4) is 0 Å². The van der Waals surface area contributed by atoms with Crippen LogP contribution in [0, 0.1) is 25.3 Å². The van der Waals surface area contributed by atoms with Gasteiger partial charge in [-0.2, -0.15) is 18.2 Å². The molecule has 0 fully saturated rings. The Morgan fingerprint density at radius 3 is 1.61 bits per heavy atom. The van der Waals surface area contributed by atoms with Crippen molar-refractivity contribution in [3.05, 3.63) is 321 Å². The maximum absolute atomic E-state index is 10.5. The van der Waals surface area contributed by atoms with E-state index in [1.165, 1.54) is 53.1 Å². The molecular weight excluding hydrogens is 1220 g/mol. The molecular formula is C79H52N4OPt-2. The zero-order chi connectivity index (χ0) is 87.1. The molecule has 0 aliphatic carbocycles. The summed E-state index contributed by atoms with van der Waals surface area (Å²) in [7, 11) is 0. The number of ether oxygens (including phenoxy) is 1. The van der Waals surface area contributed by atoms with Gasteiger partial charge in [-0.1, -0.05) is 217 Å². The number of pyridine rings is 1. The molecule has 0 radical (unpaired) electrons. The number of para-hydroxylation sites is 1. The predicted octanol–water partition coefficient (Wildman–Crippen LogP) is 19.6. The summed E-state index contributed by atoms with van der Waals surface area (Å²) in [6.07, 6.45) is 4.30. The van der Waals surface area contributed by atoms with Crippen LogP contribution in [0.5, 0.6) is 11.5 Å². The summed E-state index contributed by atoms with van der Waals surface area (Å²) in [5, 5.41) is 1.14. The van der Waals surface area contributed by atoms with E-state index in [2.05, 4.69) is 23.4 Å². The smallest absolute Gasteiger partial charge is 0.268 e. The van der Waals surface area contributed by atoms with Gasteiger partial charge < -0.3 is 13.9 Å². The van der Waals surface area contributed by atoms with Crippen molar-refractivity contribution in [3.63, 3.8) is 0 Å². The Bertz CT molecular complexity index is 6850. The Labute approximate surface area is 559 Å². The Morgan fingerprint density at radius 1 is 0.447 bits per heavy atom. The third kappa shape index (κ3) is 10.1. The molecule has 0 saturated heterocycles. The molecule has 12 aromatic carbocycles. The Balaban J connectivity index is 0.0000120. The molecule has 0 amide bonds. The Morgan fingerprint density at radius 2 is 0.988 bits per heavy atom. The summed E-state index contributed by atoms with van der Waals surface area (Å²) >= 11 is 0. The largest absolute Gasteiger partial charge is 0.510 e. The number of aromatic nitrogens is 4. The van der Waals surface area contributed by atoms with Crippen molar-refractivity contribution in [2.45, 2.75) is 6.85 Å². The van der Waals surface area contributed by atoms with Gasteiger partial charge in [0.25, 0.3) is 6.33 Å². The molecule has 0 aliphatic rings. The topological polar surface area (TPSA) is 35.9 Å². The van der Waals surface area contributed by atoms with Gasteiger partial charge in [0.2, 0.25) is 0 Å². The summed E-state index contributed by atoms with van der Waals surface area (Å²) in [6, 6.07) is -2.22. The van der Waals surface area contributed by atoms with Crippen LogP contribution in [0.1, 0.15) is 54.9 Å². The van der Waals surface area contributed by atoms with E-state index < -0.39 is 279 Å². The number of fused-ring (bicyclic) bond motifs is 4. The first-order valence-electron chi connectivity index (χ1n) is 43.4. The normalized spacial score (nSPS) is 17.4. The fourth-order valence-corrected chi connectivity index (χ4v) is 9.85. The minimum atomic E-state index is -2.98. The molecule has 6 heteroatoms. The van der Waals surface area contributed by atoms with E-state index >= 15 is 0 Å². The van der Waals surface area contributed by atoms with Crippen LogP contribution in [-0.4, -0.2) is 14.1 Å². The van der Waals surface area contributed by atoms with Gasteiger partial charge in [-0.3, -0.25) is 4.57 Å². The number of nitrogens with zero attached hydrogens (tertiary/aromatic N) is 4. The van der Waals surface area contributed by atoms with Crippen molar-refractivity contribution < 1.29 is 79.7 Å². The maximum atomic E-state index is 10.5. The second-order valence-electron chi connectivity index (χ2n) is 18.4. The van der Waals surface area contributed by atoms with Gasteiger partial charge in [-0.15, -0.1) is 29.7 Å². The first-order valence-corrected chi connectivity index (χ1v) is 25.4. The standard InChI is InChI=1S/C79H52N4O.Pt/c1-54-43-78(80-52-73(54)60-33-18-7-19-34-60)83-74-38-21-20-37-69(74)70-41-40-68(51-76(70)83)84-67-36-22-35-66(50-67)81-53-82(75-42-39-61(49-77(75)81)55-23-8-2-9-24-55)79-71(59-31-16-6-17-32-59)47-64(58-29-14-5-15-30-58)48-72(79)65-45-62(56-25-10-3-11-26-56)44-63(46-65)57-27-12-4-13-28-57;/h2-49,52H,1H3;/q-2;/i1D3,2D,3D,4D,5D,6D,7D,8D,9D,10D,11D,12D,13D,14D,15D,16D,17D,18D,19D,23D,24D,25D,26D,27D,28D,29D,30D,31D,32D,33D,34D,44D,45D,46D;. The van der Waals surface area contributed by atoms with Gasteiger partial charge in [0.05, 0.1) is 62.0 Å². The van der Waals surface area contributed by atoms with Crippen LogP contribution in [0.25, 0.3) is 128 Å². The number of imidazole rings is 1. The van der Waals surface area contributed by atoms with Crippen molar-refractivity contribution >= 4 is 32.8 Å². The van der Waals surface area contributed by atoms with E-state index in [1.54, 1.807) is 34.9 Å². The fourth-order valence-electron chi connectivity index (χ4n) is 9.85. The fraction of sp³-hybridized carbons (Fsp3) is 0.0127. The number of aryl methyl sites for hydroxylation is 1. The third-order valence-electron chi connectivity index (χ3n) is 13.5. The molecule has 15 rings (SSSR count). The summed E-state index contributed by atoms with van der Waals surface area (Å²) in [5.41, 5.74) is -9.70. The van der Waals surface area contributed by atoms with E-state index in [-0.39, 0.29) is 77.3 Å². The molecule has 0 unspecified atom stereocenters. The Kier molecular flexibility index (Phi) is 7.06. The minimum absolute atomic E-state index is 0. The van der Waals surface area contributed by atoms with Gasteiger partial charge in [0.15, 0.2) is 0 Å². The number of benzene rings is 12. The predicted molar refractivity (Wildman–Crippen MR) is 343 cm³/mol. The van der Waals surface area contributed by atoms with Crippen LogP contribution in [0.15, 0.2) is 297 Å². The quantitative estimate of drug-likeness (QED) is 0.0903. The molecule has 0 saturated carbocycles. The molecule has 0 aliphatic heterocycles. The van der Waals surface area contributed by atoms with E-state index in [0.717, 1.165) is 22.9 Å². The van der Waals surface area contributed by atoms with Crippen molar-refractivity contribution in [3.8, 4) is 107 Å². The number of hydrogen-bond acceptors (Lipinski definition) is 2. The number of hydrogen-bond donors (Lipinski definition) is 0. The van der Waals surface area contributed by atoms with Crippen LogP contribution in [-0.2, 0) is 21.1 Å². The van der Waals surface area contributed by atoms with Crippen molar-refractivity contribution in [2.75, 3.05) is 0 Å². The van der Waals surface area contributed by atoms with Crippen molar-refractivity contribution in [1.82, 2.24) is 14.1 Å². The Hall–Kier alpha value is -10.5. The molecule has 0 spiro atoms. The molecule has 3 aromatic heterocycles. The third-order valence-corrected chi connectivity index (χ3v) is 13.5. The second-order valence-corrected chi connectivity index (χ2v) is 18.4. The molecule has 3 heterocycles. The summed E-state index contributed by atoms with van der Waals surface area (Å²) in [5.74, 6) is -0.188. The van der Waals surface area contributed by atoms with Crippen LogP contribution in [0.4, 0.5) is 0 Å². The first kappa shape index (κ1) is 26.4. The molecule has 0 bridgehead atoms. The van der Waals surface area contributed by atoms with Crippen LogP contribution < -0.4 is 9.30 Å². The SMILES string of the molecule is [2H]c1c([2H])c([2H])c(-c2cc(-c3c([2H])c([2H])c([2H])c([2H])c3[2H])c(-[n+]3[c-]n(-c4[c-]c(Oc5[c-]c6c(cc5)c5ccccc5n6-c5cc(C([2H])([2H])[2H])c(-c6c([2H])c([2H])c([2H])c([2H])c6[2H])cn5)ccc4)c4cc(-c5c([2H])c([2H])c([2H])c([2H])c5[2H])ccc43)c(-c3c([2H])c(-c4c([2H])c([2H])c([2H])c([2H])c4[2H])c([2H])c(-c4c([2H])c([2H])c([2H])c([2H])c4[2H])c3[2H])c2)c([2H])c1[2H].[Pt]. The summed E-state index contributed by atoms with van der Waals surface area (Å²) in [6.45, 7) is -2.98. The molecule has 5 nitrogen and oxygen atoms in total. The van der Waals surface area contributed by atoms with E-state index in [9.17, 15) is 20.6 Å². The zero-order valence-corrected chi connectivity index (χ0v) is 45.5. The molecule has 0 N–H and O–H groups in total.